The summed E-state index contributed by atoms with van der Waals surface area (Å²) in [7, 11) is 1.86. The van der Waals surface area contributed by atoms with Crippen LogP contribution in [0, 0.1) is 5.92 Å². The predicted molar refractivity (Wildman–Crippen MR) is 68.7 cm³/mol. The van der Waals surface area contributed by atoms with Crippen molar-refractivity contribution < 1.29 is 9.53 Å². The van der Waals surface area contributed by atoms with Gasteiger partial charge in [-0.05, 0) is 38.1 Å². The van der Waals surface area contributed by atoms with E-state index in [9.17, 15) is 4.79 Å². The van der Waals surface area contributed by atoms with Gasteiger partial charge in [0.2, 0.25) is 5.91 Å². The molecule has 1 fully saturated rings. The minimum absolute atomic E-state index is 0.208. The van der Waals surface area contributed by atoms with E-state index in [1.807, 2.05) is 7.05 Å². The molecule has 0 aromatic carbocycles. The monoisotopic (exact) mass is 242 g/mol. The number of carbonyl (C=O) groups is 1. The molecule has 4 nitrogen and oxygen atoms in total. The molecule has 0 spiro atoms. The Hall–Kier alpha value is -0.610. The van der Waals surface area contributed by atoms with Crippen LogP contribution in [-0.2, 0) is 9.53 Å². The van der Waals surface area contributed by atoms with Gasteiger partial charge in [-0.2, -0.15) is 0 Å². The molecular formula is C13H26N2O2. The molecule has 1 aliphatic heterocycles. The Kier molecular flexibility index (Phi) is 6.52. The average Bonchev–Trinajstić information content (AvgIpc) is 2.36. The lowest BCUT2D eigenvalue weighted by Crippen LogP contribution is -2.34. The molecule has 1 rings (SSSR count). The highest BCUT2D eigenvalue weighted by atomic mass is 16.5. The Morgan fingerprint density at radius 1 is 1.53 bits per heavy atom. The third-order valence-electron chi connectivity index (χ3n) is 3.37. The number of hydrogen-bond acceptors (Lipinski definition) is 3. The van der Waals surface area contributed by atoms with Gasteiger partial charge in [-0.15, -0.1) is 0 Å². The number of hydrogen-bond donors (Lipinski definition) is 1. The van der Waals surface area contributed by atoms with Crippen molar-refractivity contribution in [2.75, 3.05) is 26.7 Å². The normalized spacial score (nSPS) is 22.2. The van der Waals surface area contributed by atoms with Crippen molar-refractivity contribution >= 4 is 5.91 Å². The zero-order chi connectivity index (χ0) is 12.7. The minimum Gasteiger partial charge on any atom is -0.378 e. The van der Waals surface area contributed by atoms with Gasteiger partial charge in [0.25, 0.3) is 0 Å². The summed E-state index contributed by atoms with van der Waals surface area (Å²) in [6.07, 6.45) is 5.26. The number of nitrogens with two attached hydrogens (primary N) is 1. The first-order valence-electron chi connectivity index (χ1n) is 6.69. The lowest BCUT2D eigenvalue weighted by atomic mass is 10.0. The summed E-state index contributed by atoms with van der Waals surface area (Å²) < 4.78 is 5.62. The number of rotatable bonds is 6. The van der Waals surface area contributed by atoms with Crippen molar-refractivity contribution in [2.24, 2.45) is 11.7 Å². The van der Waals surface area contributed by atoms with Crippen LogP contribution in [0.25, 0.3) is 0 Å². The highest BCUT2D eigenvalue weighted by Crippen LogP contribution is 2.17. The minimum atomic E-state index is 0.208. The summed E-state index contributed by atoms with van der Waals surface area (Å²) in [4.78, 5) is 13.7. The quantitative estimate of drug-likeness (QED) is 0.765. The van der Waals surface area contributed by atoms with Gasteiger partial charge in [0, 0.05) is 26.6 Å². The Bertz CT molecular complexity index is 227. The van der Waals surface area contributed by atoms with Crippen LogP contribution in [0.3, 0.4) is 0 Å². The van der Waals surface area contributed by atoms with E-state index >= 15 is 0 Å². The van der Waals surface area contributed by atoms with Gasteiger partial charge in [-0.1, -0.05) is 6.92 Å². The molecule has 0 aromatic heterocycles. The first-order valence-corrected chi connectivity index (χ1v) is 6.69. The van der Waals surface area contributed by atoms with E-state index in [-0.39, 0.29) is 5.91 Å². The molecule has 0 aromatic rings. The van der Waals surface area contributed by atoms with Crippen molar-refractivity contribution in [1.82, 2.24) is 4.90 Å². The second-order valence-corrected chi connectivity index (χ2v) is 5.14. The third kappa shape index (κ3) is 5.50. The fourth-order valence-electron chi connectivity index (χ4n) is 2.15. The second-order valence-electron chi connectivity index (χ2n) is 5.14. The first-order chi connectivity index (χ1) is 8.13. The zero-order valence-corrected chi connectivity index (χ0v) is 11.2. The van der Waals surface area contributed by atoms with Gasteiger partial charge in [-0.3, -0.25) is 4.79 Å². The largest absolute Gasteiger partial charge is 0.378 e. The average molecular weight is 242 g/mol. The van der Waals surface area contributed by atoms with E-state index in [1.165, 1.54) is 12.8 Å². The van der Waals surface area contributed by atoms with Gasteiger partial charge in [0.15, 0.2) is 0 Å². The molecule has 1 amide bonds. The number of amides is 1. The molecule has 1 aliphatic rings. The molecule has 100 valence electrons. The molecule has 1 heterocycles. The lowest BCUT2D eigenvalue weighted by Gasteiger charge is -2.24. The van der Waals surface area contributed by atoms with Crippen LogP contribution in [-0.4, -0.2) is 43.7 Å². The van der Waals surface area contributed by atoms with Gasteiger partial charge in [-0.25, -0.2) is 0 Å². The van der Waals surface area contributed by atoms with Crippen LogP contribution in [0.4, 0.5) is 0 Å². The van der Waals surface area contributed by atoms with Crippen LogP contribution >= 0.6 is 0 Å². The van der Waals surface area contributed by atoms with Crippen LogP contribution in [0.1, 0.15) is 39.0 Å². The van der Waals surface area contributed by atoms with Crippen molar-refractivity contribution in [3.8, 4) is 0 Å². The van der Waals surface area contributed by atoms with E-state index in [0.717, 1.165) is 26.0 Å². The molecule has 2 unspecified atom stereocenters. The van der Waals surface area contributed by atoms with Gasteiger partial charge >= 0.3 is 0 Å². The van der Waals surface area contributed by atoms with Crippen molar-refractivity contribution in [3.05, 3.63) is 0 Å². The van der Waals surface area contributed by atoms with Gasteiger partial charge in [0.1, 0.15) is 0 Å². The first kappa shape index (κ1) is 14.5. The molecule has 0 saturated carbocycles. The SMILES string of the molecule is CC(CN)CN(C)C(=O)CCC1CCCCO1. The molecule has 0 radical (unpaired) electrons. The van der Waals surface area contributed by atoms with Gasteiger partial charge < -0.3 is 15.4 Å². The van der Waals surface area contributed by atoms with E-state index in [1.54, 1.807) is 4.90 Å². The Morgan fingerprint density at radius 2 is 2.29 bits per heavy atom. The summed E-state index contributed by atoms with van der Waals surface area (Å²) in [5.74, 6) is 0.578. The smallest absolute Gasteiger partial charge is 0.222 e. The molecular weight excluding hydrogens is 216 g/mol. The molecule has 0 bridgehead atoms. The molecule has 4 heteroatoms. The Labute approximate surface area is 104 Å². The molecule has 0 aliphatic carbocycles. The number of nitrogens with zero attached hydrogens (tertiary/aromatic N) is 1. The third-order valence-corrected chi connectivity index (χ3v) is 3.37. The summed E-state index contributed by atoms with van der Waals surface area (Å²) in [5, 5.41) is 0. The molecule has 2 N–H and O–H groups in total. The second kappa shape index (κ2) is 7.67. The molecule has 1 saturated heterocycles. The number of carbonyl (C=O) groups excluding carboxylic acids is 1. The van der Waals surface area contributed by atoms with Crippen LogP contribution < -0.4 is 5.73 Å². The predicted octanol–water partition coefficient (Wildman–Crippen LogP) is 1.39. The maximum Gasteiger partial charge on any atom is 0.222 e. The highest BCUT2D eigenvalue weighted by Gasteiger charge is 2.17. The molecule has 17 heavy (non-hydrogen) atoms. The standard InChI is InChI=1S/C13H26N2O2/c1-11(9-14)10-15(2)13(16)7-6-12-5-3-4-8-17-12/h11-12H,3-10,14H2,1-2H3. The fourth-order valence-corrected chi connectivity index (χ4v) is 2.15. The lowest BCUT2D eigenvalue weighted by molar-refractivity contribution is -0.131. The van der Waals surface area contributed by atoms with E-state index in [0.29, 0.717) is 25.0 Å². The summed E-state index contributed by atoms with van der Waals surface area (Å²) in [5.41, 5.74) is 5.55. The van der Waals surface area contributed by atoms with Crippen LogP contribution in [0.5, 0.6) is 0 Å². The van der Waals surface area contributed by atoms with E-state index in [2.05, 4.69) is 6.92 Å². The van der Waals surface area contributed by atoms with E-state index in [4.69, 9.17) is 10.5 Å². The summed E-state index contributed by atoms with van der Waals surface area (Å²) in [6, 6.07) is 0. The maximum atomic E-state index is 11.9. The Morgan fingerprint density at radius 3 is 2.88 bits per heavy atom. The topological polar surface area (TPSA) is 55.6 Å². The summed E-state index contributed by atoms with van der Waals surface area (Å²) in [6.45, 7) is 4.30. The maximum absolute atomic E-state index is 11.9. The number of ether oxygens (including phenoxy) is 1. The highest BCUT2D eigenvalue weighted by molar-refractivity contribution is 5.75. The Balaban J connectivity index is 2.18. The van der Waals surface area contributed by atoms with Crippen molar-refractivity contribution in [1.29, 1.82) is 0 Å². The fraction of sp³-hybridized carbons (Fsp3) is 0.923. The van der Waals surface area contributed by atoms with Crippen LogP contribution in [0.15, 0.2) is 0 Å². The summed E-state index contributed by atoms with van der Waals surface area (Å²) >= 11 is 0. The van der Waals surface area contributed by atoms with Crippen LogP contribution in [0.2, 0.25) is 0 Å². The van der Waals surface area contributed by atoms with Crippen molar-refractivity contribution in [3.63, 3.8) is 0 Å². The van der Waals surface area contributed by atoms with E-state index < -0.39 is 0 Å². The van der Waals surface area contributed by atoms with Crippen molar-refractivity contribution in [2.45, 2.75) is 45.1 Å². The van der Waals surface area contributed by atoms with Gasteiger partial charge in [0.05, 0.1) is 6.10 Å². The molecule has 2 atom stereocenters. The zero-order valence-electron chi connectivity index (χ0n) is 11.2.